The minimum atomic E-state index is 0.0200. The topological polar surface area (TPSA) is 12.0 Å². The summed E-state index contributed by atoms with van der Waals surface area (Å²) in [6.07, 6.45) is 0. The van der Waals surface area contributed by atoms with Gasteiger partial charge in [0.1, 0.15) is 0 Å². The van der Waals surface area contributed by atoms with E-state index < -0.39 is 0 Å². The summed E-state index contributed by atoms with van der Waals surface area (Å²) < 4.78 is 0. The highest BCUT2D eigenvalue weighted by Crippen LogP contribution is 2.35. The maximum atomic E-state index is 6.39. The molecule has 0 fully saturated rings. The lowest BCUT2D eigenvalue weighted by Gasteiger charge is -2.28. The molecule has 0 aliphatic rings. The molecule has 3 heteroatoms. The van der Waals surface area contributed by atoms with E-state index >= 15 is 0 Å². The number of nitrogens with one attached hydrogen (secondary N) is 1. The van der Waals surface area contributed by atoms with Crippen LogP contribution >= 0.6 is 23.2 Å². The van der Waals surface area contributed by atoms with Crippen molar-refractivity contribution in [1.29, 1.82) is 0 Å². The van der Waals surface area contributed by atoms with Gasteiger partial charge in [-0.1, -0.05) is 68.2 Å². The summed E-state index contributed by atoms with van der Waals surface area (Å²) in [4.78, 5) is 0. The second-order valence-corrected chi connectivity index (χ2v) is 7.07. The molecule has 0 aliphatic heterocycles. The van der Waals surface area contributed by atoms with Crippen molar-refractivity contribution in [1.82, 2.24) is 5.32 Å². The largest absolute Gasteiger partial charge is 0.309 e. The third kappa shape index (κ3) is 3.60. The molecule has 0 heterocycles. The lowest BCUT2D eigenvalue weighted by atomic mass is 9.80. The molecule has 0 spiro atoms. The van der Waals surface area contributed by atoms with Gasteiger partial charge in [0.25, 0.3) is 0 Å². The predicted octanol–water partition coefficient (Wildman–Crippen LogP) is 5.60. The van der Waals surface area contributed by atoms with E-state index in [0.717, 1.165) is 10.6 Å². The van der Waals surface area contributed by atoms with Crippen molar-refractivity contribution in [2.24, 2.45) is 0 Å². The molecule has 1 unspecified atom stereocenters. The van der Waals surface area contributed by atoms with E-state index in [1.165, 1.54) is 11.1 Å². The molecule has 1 N–H and O–H groups in total. The molecular formula is C18H21Cl2N. The summed E-state index contributed by atoms with van der Waals surface area (Å²) in [6.45, 7) is 6.66. The van der Waals surface area contributed by atoms with Crippen molar-refractivity contribution < 1.29 is 0 Å². The molecule has 0 aromatic heterocycles. The van der Waals surface area contributed by atoms with Crippen LogP contribution in [0.5, 0.6) is 0 Å². The Morgan fingerprint density at radius 3 is 2.24 bits per heavy atom. The van der Waals surface area contributed by atoms with Crippen LogP contribution < -0.4 is 5.32 Å². The fraction of sp³-hybridized carbons (Fsp3) is 0.333. The molecule has 0 bridgehead atoms. The van der Waals surface area contributed by atoms with Crippen LogP contribution in [0.4, 0.5) is 0 Å². The van der Waals surface area contributed by atoms with E-state index in [-0.39, 0.29) is 11.5 Å². The number of rotatable bonds is 3. The average molecular weight is 322 g/mol. The summed E-state index contributed by atoms with van der Waals surface area (Å²) >= 11 is 12.5. The Hall–Kier alpha value is -1.02. The summed E-state index contributed by atoms with van der Waals surface area (Å²) in [7, 11) is 1.95. The molecule has 0 aliphatic carbocycles. The molecule has 2 aromatic rings. The molecule has 0 radical (unpaired) electrons. The van der Waals surface area contributed by atoms with Crippen molar-refractivity contribution in [2.45, 2.75) is 32.2 Å². The highest BCUT2D eigenvalue weighted by Gasteiger charge is 2.24. The Kier molecular flexibility index (Phi) is 4.98. The molecule has 0 saturated carbocycles. The summed E-state index contributed by atoms with van der Waals surface area (Å²) in [5.74, 6) is 0. The zero-order valence-electron chi connectivity index (χ0n) is 12.9. The van der Waals surface area contributed by atoms with Crippen molar-refractivity contribution >= 4 is 23.2 Å². The molecule has 1 atom stereocenters. The van der Waals surface area contributed by atoms with Gasteiger partial charge in [-0.15, -0.1) is 0 Å². The standard InChI is InChI=1S/C18H21Cl2N/c1-18(2,3)15-8-6-5-7-13(15)17(21-4)14-11-12(19)9-10-16(14)20/h5-11,17,21H,1-4H3. The maximum absolute atomic E-state index is 6.39. The minimum absolute atomic E-state index is 0.0200. The van der Waals surface area contributed by atoms with Crippen molar-refractivity contribution in [3.05, 3.63) is 69.2 Å². The van der Waals surface area contributed by atoms with Gasteiger partial charge in [0.05, 0.1) is 6.04 Å². The Labute approximate surface area is 137 Å². The summed E-state index contributed by atoms with van der Waals surface area (Å²) in [6, 6.07) is 14.1. The number of halogens is 2. The lowest BCUT2D eigenvalue weighted by molar-refractivity contribution is 0.567. The van der Waals surface area contributed by atoms with Crippen LogP contribution in [0.15, 0.2) is 42.5 Å². The van der Waals surface area contributed by atoms with Crippen LogP contribution in [0, 0.1) is 0 Å². The first kappa shape index (κ1) is 16.4. The first-order valence-electron chi connectivity index (χ1n) is 7.06. The molecule has 112 valence electrons. The van der Waals surface area contributed by atoms with Crippen LogP contribution in [-0.2, 0) is 5.41 Å². The first-order valence-corrected chi connectivity index (χ1v) is 7.82. The fourth-order valence-corrected chi connectivity index (χ4v) is 3.05. The third-order valence-electron chi connectivity index (χ3n) is 3.64. The summed E-state index contributed by atoms with van der Waals surface area (Å²) in [5, 5.41) is 4.79. The second-order valence-electron chi connectivity index (χ2n) is 6.22. The molecule has 2 rings (SSSR count). The Morgan fingerprint density at radius 2 is 1.62 bits per heavy atom. The van der Waals surface area contributed by atoms with E-state index in [4.69, 9.17) is 23.2 Å². The van der Waals surface area contributed by atoms with Gasteiger partial charge in [0, 0.05) is 10.0 Å². The highest BCUT2D eigenvalue weighted by atomic mass is 35.5. The normalized spacial score (nSPS) is 13.2. The van der Waals surface area contributed by atoms with E-state index in [1.54, 1.807) is 0 Å². The van der Waals surface area contributed by atoms with Gasteiger partial charge in [0.2, 0.25) is 0 Å². The van der Waals surface area contributed by atoms with Crippen molar-refractivity contribution in [3.8, 4) is 0 Å². The summed E-state index contributed by atoms with van der Waals surface area (Å²) in [5.41, 5.74) is 3.61. The van der Waals surface area contributed by atoms with Crippen LogP contribution in [0.1, 0.15) is 43.5 Å². The SMILES string of the molecule is CNC(c1cc(Cl)ccc1Cl)c1ccccc1C(C)(C)C. The van der Waals surface area contributed by atoms with Crippen LogP contribution in [0.25, 0.3) is 0 Å². The zero-order valence-corrected chi connectivity index (χ0v) is 14.4. The van der Waals surface area contributed by atoms with Gasteiger partial charge in [-0.25, -0.2) is 0 Å². The number of benzene rings is 2. The number of hydrogen-bond donors (Lipinski definition) is 1. The van der Waals surface area contributed by atoms with E-state index in [2.05, 4.69) is 50.4 Å². The predicted molar refractivity (Wildman–Crippen MR) is 92.5 cm³/mol. The van der Waals surface area contributed by atoms with E-state index in [1.807, 2.05) is 25.2 Å². The smallest absolute Gasteiger partial charge is 0.0592 e. The quantitative estimate of drug-likeness (QED) is 0.775. The number of hydrogen-bond acceptors (Lipinski definition) is 1. The lowest BCUT2D eigenvalue weighted by Crippen LogP contribution is -2.23. The van der Waals surface area contributed by atoms with Crippen LogP contribution in [0.3, 0.4) is 0 Å². The van der Waals surface area contributed by atoms with Gasteiger partial charge < -0.3 is 5.32 Å². The molecular weight excluding hydrogens is 301 g/mol. The van der Waals surface area contributed by atoms with Gasteiger partial charge in [-0.2, -0.15) is 0 Å². The van der Waals surface area contributed by atoms with Gasteiger partial charge in [-0.3, -0.25) is 0 Å². The Bertz CT molecular complexity index is 629. The van der Waals surface area contributed by atoms with Gasteiger partial charge in [-0.05, 0) is 47.4 Å². The third-order valence-corrected chi connectivity index (χ3v) is 4.22. The fourth-order valence-electron chi connectivity index (χ4n) is 2.65. The average Bonchev–Trinajstić information content (AvgIpc) is 2.43. The minimum Gasteiger partial charge on any atom is -0.309 e. The molecule has 0 saturated heterocycles. The highest BCUT2D eigenvalue weighted by molar-refractivity contribution is 6.33. The first-order chi connectivity index (χ1) is 9.84. The molecule has 21 heavy (non-hydrogen) atoms. The van der Waals surface area contributed by atoms with Crippen molar-refractivity contribution in [3.63, 3.8) is 0 Å². The van der Waals surface area contributed by atoms with Crippen LogP contribution in [-0.4, -0.2) is 7.05 Å². The monoisotopic (exact) mass is 321 g/mol. The molecule has 1 nitrogen and oxygen atoms in total. The van der Waals surface area contributed by atoms with E-state index in [9.17, 15) is 0 Å². The Balaban J connectivity index is 2.60. The Morgan fingerprint density at radius 1 is 0.952 bits per heavy atom. The van der Waals surface area contributed by atoms with Crippen LogP contribution in [0.2, 0.25) is 10.0 Å². The maximum Gasteiger partial charge on any atom is 0.0592 e. The van der Waals surface area contributed by atoms with E-state index in [0.29, 0.717) is 5.02 Å². The van der Waals surface area contributed by atoms with Crippen molar-refractivity contribution in [2.75, 3.05) is 7.05 Å². The molecule has 2 aromatic carbocycles. The van der Waals surface area contributed by atoms with Gasteiger partial charge >= 0.3 is 0 Å². The zero-order chi connectivity index (χ0) is 15.6. The second kappa shape index (κ2) is 6.39. The van der Waals surface area contributed by atoms with Gasteiger partial charge in [0.15, 0.2) is 0 Å². The molecule has 0 amide bonds.